The molecule has 0 amide bonds. The molecule has 0 aromatic heterocycles. The SMILES string of the molecule is C[C@@H](CCC1(O)O[C@H]2C[C@H]3[C@@H]4C[C@@H](O)[C@H]5C[C@@H](O[C@@H]6O[C@H](CO)[C@H](O[C@@H]7O[C@H](CO)[C@@H](O)[C@H](O[C@@H]8O[C@H](CO)[C@@H](O)[C@H](O)[C@H]8O)[C@H]7O[C@@H]7O[C@H](CO)[C@@H](O)[C@H](O)[C@H]7O)[C@H](O)[C@H]6O)CC[C@]5(C)[C@H]4CC[C@]3(C)[C@H]2[C@@H]1C)CO[C@@H]1O[C@H](CO)[C@@H](O)[C@H](O)[C@H]1O. The number of aliphatic hydroxyl groups excluding tert-OH is 18. The molecule has 4 aliphatic carbocycles. The molecule has 6 aliphatic heterocycles. The zero-order valence-corrected chi connectivity index (χ0v) is 49.3. The van der Waals surface area contributed by atoms with Crippen LogP contribution in [-0.4, -0.2) is 314 Å². The van der Waals surface area contributed by atoms with E-state index in [9.17, 15) is 97.0 Å². The van der Waals surface area contributed by atoms with Gasteiger partial charge in [0, 0.05) is 12.3 Å². The number of ether oxygens (including phenoxy) is 11. The fourth-order valence-electron chi connectivity index (χ4n) is 17.2. The Morgan fingerprint density at radius 1 is 0.460 bits per heavy atom. The zero-order chi connectivity index (χ0) is 63.1. The van der Waals surface area contributed by atoms with Crippen molar-refractivity contribution < 1.29 is 149 Å². The molecule has 1 unspecified atom stereocenters. The van der Waals surface area contributed by atoms with Gasteiger partial charge < -0.3 is 149 Å². The van der Waals surface area contributed by atoms with Gasteiger partial charge in [0.05, 0.1) is 58.0 Å². The monoisotopic (exact) mass is 1260 g/mol. The molecule has 0 radical (unpaired) electrons. The third-order valence-electron chi connectivity index (χ3n) is 22.2. The minimum absolute atomic E-state index is 0.0498. The zero-order valence-electron chi connectivity index (χ0n) is 49.3. The molecule has 0 bridgehead atoms. The van der Waals surface area contributed by atoms with Crippen molar-refractivity contribution in [3.05, 3.63) is 0 Å². The molecule has 0 aromatic rings. The van der Waals surface area contributed by atoms with Crippen LogP contribution in [-0.2, 0) is 52.1 Å². The molecular weight excluding hydrogens is 1160 g/mol. The Kier molecular flexibility index (Phi) is 21.5. The molecule has 87 heavy (non-hydrogen) atoms. The first-order chi connectivity index (χ1) is 41.2. The lowest BCUT2D eigenvalue weighted by Crippen LogP contribution is -2.68. The second-order valence-electron chi connectivity index (χ2n) is 27.2. The van der Waals surface area contributed by atoms with E-state index in [1.165, 1.54) is 0 Å². The van der Waals surface area contributed by atoms with Crippen molar-refractivity contribution in [2.24, 2.45) is 52.3 Å². The van der Waals surface area contributed by atoms with Crippen LogP contribution < -0.4 is 0 Å². The highest BCUT2D eigenvalue weighted by atomic mass is 16.8. The number of rotatable bonds is 19. The summed E-state index contributed by atoms with van der Waals surface area (Å²) in [6.45, 7) is 4.43. The minimum atomic E-state index is -2.08. The lowest BCUT2D eigenvalue weighted by atomic mass is 9.43. The van der Waals surface area contributed by atoms with Crippen molar-refractivity contribution in [1.29, 1.82) is 0 Å². The molecule has 504 valence electrons. The maximum absolute atomic E-state index is 12.2. The van der Waals surface area contributed by atoms with Gasteiger partial charge in [0.2, 0.25) is 0 Å². The lowest BCUT2D eigenvalue weighted by molar-refractivity contribution is -0.406. The van der Waals surface area contributed by atoms with Crippen molar-refractivity contribution in [1.82, 2.24) is 0 Å². The quantitative estimate of drug-likeness (QED) is 0.0534. The van der Waals surface area contributed by atoms with E-state index < -0.39 is 205 Å². The Labute approximate surface area is 502 Å². The summed E-state index contributed by atoms with van der Waals surface area (Å²) in [6, 6.07) is 0. The van der Waals surface area contributed by atoms with E-state index in [1.807, 2.05) is 13.8 Å². The average molecular weight is 1260 g/mol. The van der Waals surface area contributed by atoms with E-state index in [2.05, 4.69) is 13.8 Å². The summed E-state index contributed by atoms with van der Waals surface area (Å²) in [7, 11) is 0. The highest BCUT2D eigenvalue weighted by molar-refractivity contribution is 5.16. The van der Waals surface area contributed by atoms with Crippen molar-refractivity contribution in [2.45, 2.75) is 263 Å². The maximum atomic E-state index is 12.2. The molecule has 10 rings (SSSR count). The lowest BCUT2D eigenvalue weighted by Gasteiger charge is -2.62. The first-order valence-electron chi connectivity index (χ1n) is 31.0. The fraction of sp³-hybridized carbons (Fsp3) is 1.00. The predicted octanol–water partition coefficient (Wildman–Crippen LogP) is -7.16. The van der Waals surface area contributed by atoms with Gasteiger partial charge in [0.25, 0.3) is 0 Å². The number of hydrogen-bond acceptors (Lipinski definition) is 30. The summed E-state index contributed by atoms with van der Waals surface area (Å²) < 4.78 is 65.8. The standard InChI is InChI=1S/C57H96O30/c1-20(19-77-50-43(72)39(68)35(64)29(14-58)79-50)5-10-57(76)21(2)34-28(87-57)13-25-23-12-27(63)26-11-22(6-8-55(26,3)24(23)7-9-56(25,34)4)78-51-46(75)42(71)47(33(18-62)83-51)84-54-49(86-53-45(74)41(70)37(66)31(16-60)81-53)48(38(67)32(17-61)82-54)85-52-44(73)40(69)36(65)30(15-59)80-52/h20-54,58-76H,5-19H2,1-4H3/t20-,21-,22-,23+,24-,25-,26+,27+,28-,29+,30+,31+,32+,33+,34-,35+,36+,37+,38+,39-,40-,41-,42+,43+,44+,45+,46+,47-,48-,49+,50+,51+,52-,53-,54-,55+,56-,57?/m0/s1. The molecule has 0 spiro atoms. The van der Waals surface area contributed by atoms with Gasteiger partial charge in [-0.2, -0.15) is 0 Å². The van der Waals surface area contributed by atoms with E-state index in [-0.39, 0.29) is 65.0 Å². The van der Waals surface area contributed by atoms with Gasteiger partial charge in [0.15, 0.2) is 37.2 Å². The van der Waals surface area contributed by atoms with E-state index in [0.29, 0.717) is 38.5 Å². The molecule has 30 heteroatoms. The molecule has 30 nitrogen and oxygen atoms in total. The van der Waals surface area contributed by atoms with Crippen LogP contribution in [0.25, 0.3) is 0 Å². The molecule has 10 fully saturated rings. The van der Waals surface area contributed by atoms with Crippen LogP contribution in [0.15, 0.2) is 0 Å². The third-order valence-corrected chi connectivity index (χ3v) is 22.2. The summed E-state index contributed by atoms with van der Waals surface area (Å²) in [5, 5.41) is 205. The summed E-state index contributed by atoms with van der Waals surface area (Å²) in [6.07, 6.45) is -40.2. The van der Waals surface area contributed by atoms with Crippen molar-refractivity contribution in [3.63, 3.8) is 0 Å². The molecule has 6 saturated heterocycles. The Bertz CT molecular complexity index is 2220. The minimum Gasteiger partial charge on any atom is -0.394 e. The van der Waals surface area contributed by atoms with Crippen LogP contribution in [0, 0.1) is 52.3 Å². The van der Waals surface area contributed by atoms with Crippen LogP contribution in [0.4, 0.5) is 0 Å². The Hall–Kier alpha value is -1.20. The topological polar surface area (TPSA) is 486 Å². The molecule has 4 saturated carbocycles. The summed E-state index contributed by atoms with van der Waals surface area (Å²) >= 11 is 0. The number of fused-ring (bicyclic) bond motifs is 7. The van der Waals surface area contributed by atoms with Crippen molar-refractivity contribution >= 4 is 0 Å². The van der Waals surface area contributed by atoms with Crippen LogP contribution in [0.2, 0.25) is 0 Å². The van der Waals surface area contributed by atoms with E-state index in [1.54, 1.807) is 0 Å². The summed E-state index contributed by atoms with van der Waals surface area (Å²) in [5.74, 6) is -1.33. The Morgan fingerprint density at radius 3 is 1.51 bits per heavy atom. The van der Waals surface area contributed by atoms with Crippen LogP contribution >= 0.6 is 0 Å². The second-order valence-corrected chi connectivity index (χ2v) is 27.2. The first-order valence-corrected chi connectivity index (χ1v) is 31.0. The van der Waals surface area contributed by atoms with Crippen molar-refractivity contribution in [3.8, 4) is 0 Å². The maximum Gasteiger partial charge on any atom is 0.187 e. The number of hydrogen-bond donors (Lipinski definition) is 19. The van der Waals surface area contributed by atoms with Gasteiger partial charge >= 0.3 is 0 Å². The van der Waals surface area contributed by atoms with Crippen LogP contribution in [0.5, 0.6) is 0 Å². The summed E-state index contributed by atoms with van der Waals surface area (Å²) in [5.41, 5.74) is -0.511. The van der Waals surface area contributed by atoms with Crippen LogP contribution in [0.1, 0.15) is 85.5 Å². The van der Waals surface area contributed by atoms with Gasteiger partial charge in [-0.3, -0.25) is 0 Å². The molecule has 38 atom stereocenters. The Balaban J connectivity index is 0.777. The Morgan fingerprint density at radius 2 is 0.931 bits per heavy atom. The summed E-state index contributed by atoms with van der Waals surface area (Å²) in [4.78, 5) is 0. The average Bonchev–Trinajstić information content (AvgIpc) is 1.60. The smallest absolute Gasteiger partial charge is 0.187 e. The number of aliphatic hydroxyl groups is 19. The molecule has 10 aliphatic rings. The fourth-order valence-corrected chi connectivity index (χ4v) is 17.2. The molecular formula is C57H96O30. The highest BCUT2D eigenvalue weighted by Crippen LogP contribution is 2.71. The van der Waals surface area contributed by atoms with Gasteiger partial charge in [0.1, 0.15) is 122 Å². The van der Waals surface area contributed by atoms with Gasteiger partial charge in [-0.05, 0) is 97.7 Å². The molecule has 6 heterocycles. The van der Waals surface area contributed by atoms with E-state index >= 15 is 0 Å². The van der Waals surface area contributed by atoms with Gasteiger partial charge in [-0.25, -0.2) is 0 Å². The molecule has 19 N–H and O–H groups in total. The normalized spacial score (nSPS) is 55.6. The van der Waals surface area contributed by atoms with Crippen molar-refractivity contribution in [2.75, 3.05) is 39.6 Å². The third kappa shape index (κ3) is 12.6. The highest BCUT2D eigenvalue weighted by Gasteiger charge is 2.69. The first kappa shape index (κ1) is 68.7. The van der Waals surface area contributed by atoms with E-state index in [4.69, 9.17) is 52.1 Å². The second kappa shape index (κ2) is 27.3. The predicted molar refractivity (Wildman–Crippen MR) is 286 cm³/mol. The largest absolute Gasteiger partial charge is 0.394 e. The van der Waals surface area contributed by atoms with Crippen LogP contribution in [0.3, 0.4) is 0 Å². The van der Waals surface area contributed by atoms with Gasteiger partial charge in [-0.1, -0.05) is 27.7 Å². The van der Waals surface area contributed by atoms with Gasteiger partial charge in [-0.15, -0.1) is 0 Å². The van der Waals surface area contributed by atoms with E-state index in [0.717, 1.165) is 19.3 Å². The molecule has 0 aromatic carbocycles.